The van der Waals surface area contributed by atoms with E-state index in [1.54, 1.807) is 12.1 Å². The third kappa shape index (κ3) is 3.92. The summed E-state index contributed by atoms with van der Waals surface area (Å²) in [6.45, 7) is 4.80. The van der Waals surface area contributed by atoms with Crippen molar-refractivity contribution in [3.8, 4) is 0 Å². The number of hydrogen-bond acceptors (Lipinski definition) is 4. The minimum atomic E-state index is -3.79. The average molecular weight is 395 g/mol. The molecule has 0 saturated carbocycles. The molecule has 6 nitrogen and oxygen atoms in total. The lowest BCUT2D eigenvalue weighted by Gasteiger charge is -2.16. The van der Waals surface area contributed by atoms with Crippen LogP contribution in [0.3, 0.4) is 0 Å². The van der Waals surface area contributed by atoms with Crippen LogP contribution in [0.2, 0.25) is 0 Å². The molecule has 0 amide bonds. The Morgan fingerprint density at radius 2 is 1.31 bits per heavy atom. The number of anilines is 1. The molecule has 0 aliphatic carbocycles. The van der Waals surface area contributed by atoms with E-state index in [1.165, 1.54) is 28.6 Å². The maximum absolute atomic E-state index is 12.6. The average Bonchev–Trinajstić information content (AvgIpc) is 3.09. The molecule has 8 heteroatoms. The Labute approximate surface area is 155 Å². The van der Waals surface area contributed by atoms with Gasteiger partial charge in [-0.05, 0) is 74.2 Å². The van der Waals surface area contributed by atoms with Gasteiger partial charge in [0, 0.05) is 18.8 Å². The first kappa shape index (κ1) is 18.9. The molecule has 2 aromatic carbocycles. The number of sulfonamides is 2. The number of benzene rings is 2. The van der Waals surface area contributed by atoms with Crippen LogP contribution in [0.25, 0.3) is 0 Å². The van der Waals surface area contributed by atoms with Crippen molar-refractivity contribution in [3.05, 3.63) is 53.6 Å². The summed E-state index contributed by atoms with van der Waals surface area (Å²) >= 11 is 0. The van der Waals surface area contributed by atoms with Crippen molar-refractivity contribution in [2.75, 3.05) is 17.8 Å². The molecule has 1 aliphatic rings. The van der Waals surface area contributed by atoms with Gasteiger partial charge >= 0.3 is 0 Å². The standard InChI is InChI=1S/C18H22N2O4S2/c1-14-11-15(2)13-16(12-14)19-25(21,22)17-5-7-18(8-6-17)26(23,24)20-9-3-4-10-20/h5-8,11-13,19H,3-4,9-10H2,1-2H3. The molecule has 26 heavy (non-hydrogen) atoms. The Morgan fingerprint density at radius 1 is 0.808 bits per heavy atom. The van der Waals surface area contributed by atoms with Crippen molar-refractivity contribution in [3.63, 3.8) is 0 Å². The third-order valence-corrected chi connectivity index (χ3v) is 7.62. The normalized spacial score (nSPS) is 15.9. The summed E-state index contributed by atoms with van der Waals surface area (Å²) in [6.07, 6.45) is 1.71. The van der Waals surface area contributed by atoms with Crippen molar-refractivity contribution < 1.29 is 16.8 Å². The number of nitrogens with zero attached hydrogens (tertiary/aromatic N) is 1. The highest BCUT2D eigenvalue weighted by Gasteiger charge is 2.27. The molecule has 2 aromatic rings. The Balaban J connectivity index is 1.85. The third-order valence-electron chi connectivity index (χ3n) is 4.31. The molecule has 0 spiro atoms. The van der Waals surface area contributed by atoms with Gasteiger partial charge in [0.1, 0.15) is 0 Å². The molecular formula is C18H22N2O4S2. The SMILES string of the molecule is Cc1cc(C)cc(NS(=O)(=O)c2ccc(S(=O)(=O)N3CCCC3)cc2)c1. The molecule has 1 saturated heterocycles. The molecule has 140 valence electrons. The highest BCUT2D eigenvalue weighted by Crippen LogP contribution is 2.23. The smallest absolute Gasteiger partial charge is 0.261 e. The zero-order valence-electron chi connectivity index (χ0n) is 14.8. The molecule has 1 N–H and O–H groups in total. The zero-order valence-corrected chi connectivity index (χ0v) is 16.4. The van der Waals surface area contributed by atoms with E-state index < -0.39 is 20.0 Å². The molecule has 1 fully saturated rings. The molecule has 0 aromatic heterocycles. The van der Waals surface area contributed by atoms with Gasteiger partial charge in [-0.1, -0.05) is 6.07 Å². The van der Waals surface area contributed by atoms with Gasteiger partial charge in [0.05, 0.1) is 9.79 Å². The topological polar surface area (TPSA) is 83.5 Å². The monoisotopic (exact) mass is 394 g/mol. The van der Waals surface area contributed by atoms with E-state index in [1.807, 2.05) is 19.9 Å². The summed E-state index contributed by atoms with van der Waals surface area (Å²) in [7, 11) is -7.34. The second kappa shape index (κ2) is 7.02. The summed E-state index contributed by atoms with van der Waals surface area (Å²) in [5.41, 5.74) is 2.39. The van der Waals surface area contributed by atoms with E-state index in [0.29, 0.717) is 18.8 Å². The van der Waals surface area contributed by atoms with Crippen LogP contribution in [0.5, 0.6) is 0 Å². The van der Waals surface area contributed by atoms with Gasteiger partial charge in [-0.25, -0.2) is 16.8 Å². The van der Waals surface area contributed by atoms with Crippen LogP contribution in [0.15, 0.2) is 52.3 Å². The van der Waals surface area contributed by atoms with Gasteiger partial charge < -0.3 is 0 Å². The van der Waals surface area contributed by atoms with Gasteiger partial charge in [0.25, 0.3) is 10.0 Å². The lowest BCUT2D eigenvalue weighted by Crippen LogP contribution is -2.27. The number of rotatable bonds is 5. The Bertz CT molecular complexity index is 987. The lowest BCUT2D eigenvalue weighted by atomic mass is 10.1. The van der Waals surface area contributed by atoms with Crippen LogP contribution in [0, 0.1) is 13.8 Å². The van der Waals surface area contributed by atoms with Gasteiger partial charge in [0.2, 0.25) is 10.0 Å². The molecular weight excluding hydrogens is 372 g/mol. The Morgan fingerprint density at radius 3 is 1.85 bits per heavy atom. The van der Waals surface area contributed by atoms with Crippen molar-refractivity contribution in [2.24, 2.45) is 0 Å². The van der Waals surface area contributed by atoms with Gasteiger partial charge in [-0.15, -0.1) is 0 Å². The molecule has 3 rings (SSSR count). The molecule has 0 atom stereocenters. The fourth-order valence-corrected chi connectivity index (χ4v) is 5.67. The maximum atomic E-state index is 12.6. The summed E-state index contributed by atoms with van der Waals surface area (Å²) in [4.78, 5) is 0.141. The molecule has 0 bridgehead atoms. The molecule has 0 radical (unpaired) electrons. The first-order valence-electron chi connectivity index (χ1n) is 8.40. The van der Waals surface area contributed by atoms with E-state index in [0.717, 1.165) is 24.0 Å². The largest absolute Gasteiger partial charge is 0.280 e. The highest BCUT2D eigenvalue weighted by atomic mass is 32.2. The summed E-state index contributed by atoms with van der Waals surface area (Å²) in [6, 6.07) is 10.8. The predicted molar refractivity (Wildman–Crippen MR) is 101 cm³/mol. The predicted octanol–water partition coefficient (Wildman–Crippen LogP) is 2.89. The highest BCUT2D eigenvalue weighted by molar-refractivity contribution is 7.92. The van der Waals surface area contributed by atoms with Crippen LogP contribution in [-0.2, 0) is 20.0 Å². The lowest BCUT2D eigenvalue weighted by molar-refractivity contribution is 0.477. The summed E-state index contributed by atoms with van der Waals surface area (Å²) in [5.74, 6) is 0. The van der Waals surface area contributed by atoms with E-state index in [2.05, 4.69) is 4.72 Å². The van der Waals surface area contributed by atoms with Crippen LogP contribution in [0.4, 0.5) is 5.69 Å². The van der Waals surface area contributed by atoms with Crippen LogP contribution in [0.1, 0.15) is 24.0 Å². The van der Waals surface area contributed by atoms with Crippen LogP contribution in [-0.4, -0.2) is 34.2 Å². The Hall–Kier alpha value is -1.90. The zero-order chi connectivity index (χ0) is 18.9. The van der Waals surface area contributed by atoms with Crippen LogP contribution >= 0.6 is 0 Å². The second-order valence-corrected chi connectivity index (χ2v) is 10.2. The first-order chi connectivity index (χ1) is 12.2. The van der Waals surface area contributed by atoms with Crippen LogP contribution < -0.4 is 4.72 Å². The maximum Gasteiger partial charge on any atom is 0.261 e. The minimum absolute atomic E-state index is 0.0250. The number of aryl methyl sites for hydroxylation is 2. The number of nitrogens with one attached hydrogen (secondary N) is 1. The first-order valence-corrected chi connectivity index (χ1v) is 11.3. The van der Waals surface area contributed by atoms with Gasteiger partial charge in [0.15, 0.2) is 0 Å². The van der Waals surface area contributed by atoms with Crippen molar-refractivity contribution in [1.82, 2.24) is 4.31 Å². The van der Waals surface area contributed by atoms with E-state index in [-0.39, 0.29) is 9.79 Å². The molecule has 1 heterocycles. The fourth-order valence-electron chi connectivity index (χ4n) is 3.12. The van der Waals surface area contributed by atoms with Crippen molar-refractivity contribution in [1.29, 1.82) is 0 Å². The number of hydrogen-bond donors (Lipinski definition) is 1. The van der Waals surface area contributed by atoms with Gasteiger partial charge in [-0.2, -0.15) is 4.31 Å². The quantitative estimate of drug-likeness (QED) is 0.845. The second-order valence-electron chi connectivity index (χ2n) is 6.56. The Kier molecular flexibility index (Phi) is 5.09. The molecule has 0 unspecified atom stereocenters. The minimum Gasteiger partial charge on any atom is -0.280 e. The summed E-state index contributed by atoms with van der Waals surface area (Å²) < 4.78 is 54.2. The van der Waals surface area contributed by atoms with Crippen molar-refractivity contribution in [2.45, 2.75) is 36.5 Å². The van der Waals surface area contributed by atoms with E-state index in [9.17, 15) is 16.8 Å². The molecule has 1 aliphatic heterocycles. The van der Waals surface area contributed by atoms with E-state index in [4.69, 9.17) is 0 Å². The van der Waals surface area contributed by atoms with Gasteiger partial charge in [-0.3, -0.25) is 4.72 Å². The fraction of sp³-hybridized carbons (Fsp3) is 0.333. The van der Waals surface area contributed by atoms with Crippen molar-refractivity contribution >= 4 is 25.7 Å². The van der Waals surface area contributed by atoms with E-state index >= 15 is 0 Å². The summed E-state index contributed by atoms with van der Waals surface area (Å²) in [5, 5.41) is 0.